The van der Waals surface area contributed by atoms with Gasteiger partial charge in [-0.1, -0.05) is 20.3 Å². The van der Waals surface area contributed by atoms with Crippen LogP contribution in [0.25, 0.3) is 0 Å². The van der Waals surface area contributed by atoms with Crippen molar-refractivity contribution < 1.29 is 4.74 Å². The van der Waals surface area contributed by atoms with Crippen LogP contribution in [0.5, 0.6) is 0 Å². The molecular formula is C16H27N3O. The molecule has 1 saturated carbocycles. The van der Waals surface area contributed by atoms with Gasteiger partial charge in [-0.3, -0.25) is 4.68 Å². The summed E-state index contributed by atoms with van der Waals surface area (Å²) in [6.07, 6.45) is 12.0. The molecule has 0 bridgehead atoms. The molecule has 0 radical (unpaired) electrons. The molecule has 2 heterocycles. The van der Waals surface area contributed by atoms with Crippen LogP contribution in [0, 0.1) is 5.41 Å². The molecule has 1 aromatic rings. The fourth-order valence-electron chi connectivity index (χ4n) is 3.59. The second-order valence-electron chi connectivity index (χ2n) is 7.19. The summed E-state index contributed by atoms with van der Waals surface area (Å²) in [4.78, 5) is 0. The maximum Gasteiger partial charge on any atom is 0.0771 e. The predicted molar refractivity (Wildman–Crippen MR) is 80.9 cm³/mol. The van der Waals surface area contributed by atoms with Crippen LogP contribution in [0.15, 0.2) is 12.4 Å². The zero-order valence-electron chi connectivity index (χ0n) is 12.8. The Morgan fingerprint density at radius 2 is 2.30 bits per heavy atom. The van der Waals surface area contributed by atoms with E-state index in [0.717, 1.165) is 18.8 Å². The summed E-state index contributed by atoms with van der Waals surface area (Å²) in [5, 5.41) is 8.11. The summed E-state index contributed by atoms with van der Waals surface area (Å²) in [5.41, 5.74) is 1.63. The van der Waals surface area contributed by atoms with E-state index in [2.05, 4.69) is 30.5 Å². The first-order valence-electron chi connectivity index (χ1n) is 8.01. The van der Waals surface area contributed by atoms with Crippen molar-refractivity contribution in [2.24, 2.45) is 5.41 Å². The number of aromatic nitrogens is 2. The van der Waals surface area contributed by atoms with Crippen LogP contribution < -0.4 is 5.32 Å². The quantitative estimate of drug-likeness (QED) is 0.916. The third kappa shape index (κ3) is 3.54. The van der Waals surface area contributed by atoms with E-state index in [1.807, 2.05) is 10.9 Å². The predicted octanol–water partition coefficient (Wildman–Crippen LogP) is 3.44. The molecule has 20 heavy (non-hydrogen) atoms. The lowest BCUT2D eigenvalue weighted by Gasteiger charge is -2.35. The van der Waals surface area contributed by atoms with Gasteiger partial charge in [-0.05, 0) is 37.5 Å². The summed E-state index contributed by atoms with van der Waals surface area (Å²) < 4.78 is 7.68. The average Bonchev–Trinajstić information content (AvgIpc) is 3.01. The van der Waals surface area contributed by atoms with Gasteiger partial charge >= 0.3 is 0 Å². The summed E-state index contributed by atoms with van der Waals surface area (Å²) >= 11 is 0. The van der Waals surface area contributed by atoms with Crippen LogP contribution >= 0.6 is 0 Å². The van der Waals surface area contributed by atoms with Gasteiger partial charge in [0.1, 0.15) is 0 Å². The number of hydrogen-bond acceptors (Lipinski definition) is 3. The second kappa shape index (κ2) is 5.76. The van der Waals surface area contributed by atoms with Crippen LogP contribution in [0.1, 0.15) is 52.4 Å². The highest BCUT2D eigenvalue weighted by molar-refractivity contribution is 5.39. The van der Waals surface area contributed by atoms with E-state index in [1.54, 1.807) is 0 Å². The SMILES string of the molecule is CC1(C)CCCC(Nc2cnn(CC3CCCO3)c2)C1. The van der Waals surface area contributed by atoms with E-state index in [4.69, 9.17) is 4.74 Å². The highest BCUT2D eigenvalue weighted by Crippen LogP contribution is 2.36. The lowest BCUT2D eigenvalue weighted by Crippen LogP contribution is -2.31. The molecule has 1 aromatic heterocycles. The molecule has 0 amide bonds. The maximum atomic E-state index is 5.66. The molecule has 2 aliphatic rings. The van der Waals surface area contributed by atoms with E-state index < -0.39 is 0 Å². The van der Waals surface area contributed by atoms with Crippen LogP contribution in [0.4, 0.5) is 5.69 Å². The third-order valence-electron chi connectivity index (χ3n) is 4.62. The number of nitrogens with zero attached hydrogens (tertiary/aromatic N) is 2. The molecule has 2 atom stereocenters. The van der Waals surface area contributed by atoms with Gasteiger partial charge < -0.3 is 10.1 Å². The van der Waals surface area contributed by atoms with Crippen molar-refractivity contribution in [2.75, 3.05) is 11.9 Å². The Hall–Kier alpha value is -1.03. The Morgan fingerprint density at radius 1 is 1.40 bits per heavy atom. The summed E-state index contributed by atoms with van der Waals surface area (Å²) in [6, 6.07) is 0.596. The Balaban J connectivity index is 1.54. The maximum absolute atomic E-state index is 5.66. The molecule has 2 fully saturated rings. The zero-order valence-corrected chi connectivity index (χ0v) is 12.8. The van der Waals surface area contributed by atoms with Crippen molar-refractivity contribution in [3.63, 3.8) is 0 Å². The van der Waals surface area contributed by atoms with Crippen molar-refractivity contribution in [3.8, 4) is 0 Å². The fourth-order valence-corrected chi connectivity index (χ4v) is 3.59. The molecule has 1 aliphatic heterocycles. The topological polar surface area (TPSA) is 39.1 Å². The minimum absolute atomic E-state index is 0.358. The summed E-state index contributed by atoms with van der Waals surface area (Å²) in [5.74, 6) is 0. The van der Waals surface area contributed by atoms with Gasteiger partial charge in [0.05, 0.1) is 24.5 Å². The highest BCUT2D eigenvalue weighted by atomic mass is 16.5. The molecule has 3 rings (SSSR count). The van der Waals surface area contributed by atoms with Crippen LogP contribution in [-0.4, -0.2) is 28.5 Å². The van der Waals surface area contributed by atoms with E-state index in [9.17, 15) is 0 Å². The number of anilines is 1. The Kier molecular flexibility index (Phi) is 4.01. The van der Waals surface area contributed by atoms with Gasteiger partial charge in [-0.25, -0.2) is 0 Å². The molecule has 0 spiro atoms. The number of rotatable bonds is 4. The molecule has 4 heteroatoms. The smallest absolute Gasteiger partial charge is 0.0771 e. The molecule has 1 aliphatic carbocycles. The summed E-state index contributed by atoms with van der Waals surface area (Å²) in [7, 11) is 0. The molecule has 1 N–H and O–H groups in total. The molecule has 112 valence electrons. The van der Waals surface area contributed by atoms with Gasteiger partial charge in [-0.2, -0.15) is 5.10 Å². The molecule has 1 saturated heterocycles. The number of hydrogen-bond donors (Lipinski definition) is 1. The van der Waals surface area contributed by atoms with Gasteiger partial charge in [0, 0.05) is 18.8 Å². The minimum atomic E-state index is 0.358. The highest BCUT2D eigenvalue weighted by Gasteiger charge is 2.28. The first kappa shape index (κ1) is 13.9. The van der Waals surface area contributed by atoms with E-state index in [-0.39, 0.29) is 0 Å². The van der Waals surface area contributed by atoms with Crippen molar-refractivity contribution in [1.29, 1.82) is 0 Å². The Morgan fingerprint density at radius 3 is 3.05 bits per heavy atom. The number of nitrogens with one attached hydrogen (secondary N) is 1. The van der Waals surface area contributed by atoms with Crippen molar-refractivity contribution in [3.05, 3.63) is 12.4 Å². The number of ether oxygens (including phenoxy) is 1. The third-order valence-corrected chi connectivity index (χ3v) is 4.62. The molecular weight excluding hydrogens is 250 g/mol. The molecule has 2 unspecified atom stereocenters. The molecule has 0 aromatic carbocycles. The van der Waals surface area contributed by atoms with E-state index in [0.29, 0.717) is 17.6 Å². The van der Waals surface area contributed by atoms with E-state index >= 15 is 0 Å². The standard InChI is InChI=1S/C16H27N3O/c1-16(2)7-3-5-13(9-16)18-14-10-17-19(11-14)12-15-6-4-8-20-15/h10-11,13,15,18H,3-9,12H2,1-2H3. The van der Waals surface area contributed by atoms with Gasteiger partial charge in [0.2, 0.25) is 0 Å². The van der Waals surface area contributed by atoms with Gasteiger partial charge in [0.25, 0.3) is 0 Å². The van der Waals surface area contributed by atoms with Gasteiger partial charge in [-0.15, -0.1) is 0 Å². The Bertz CT molecular complexity index is 435. The minimum Gasteiger partial charge on any atom is -0.380 e. The van der Waals surface area contributed by atoms with Crippen molar-refractivity contribution in [2.45, 2.75) is 71.1 Å². The van der Waals surface area contributed by atoms with E-state index in [1.165, 1.54) is 38.5 Å². The first-order chi connectivity index (χ1) is 9.61. The van der Waals surface area contributed by atoms with Crippen LogP contribution in [0.3, 0.4) is 0 Å². The van der Waals surface area contributed by atoms with Gasteiger partial charge in [0.15, 0.2) is 0 Å². The largest absolute Gasteiger partial charge is 0.380 e. The summed E-state index contributed by atoms with van der Waals surface area (Å²) in [6.45, 7) is 6.55. The monoisotopic (exact) mass is 277 g/mol. The Labute approximate surface area is 121 Å². The van der Waals surface area contributed by atoms with Crippen LogP contribution in [0.2, 0.25) is 0 Å². The normalized spacial score (nSPS) is 29.5. The fraction of sp³-hybridized carbons (Fsp3) is 0.812. The lowest BCUT2D eigenvalue weighted by atomic mass is 9.75. The second-order valence-corrected chi connectivity index (χ2v) is 7.19. The average molecular weight is 277 g/mol. The zero-order chi connectivity index (χ0) is 14.0. The van der Waals surface area contributed by atoms with Crippen LogP contribution in [-0.2, 0) is 11.3 Å². The lowest BCUT2D eigenvalue weighted by molar-refractivity contribution is 0.0940. The first-order valence-corrected chi connectivity index (χ1v) is 8.01. The molecule has 4 nitrogen and oxygen atoms in total. The van der Waals surface area contributed by atoms with Crippen molar-refractivity contribution in [1.82, 2.24) is 9.78 Å². The van der Waals surface area contributed by atoms with Crippen molar-refractivity contribution >= 4 is 5.69 Å².